The molecule has 0 saturated heterocycles. The molecule has 0 saturated carbocycles. The molecule has 0 aliphatic heterocycles. The van der Waals surface area contributed by atoms with E-state index in [1.807, 2.05) is 0 Å². The van der Waals surface area contributed by atoms with E-state index in [4.69, 9.17) is 0 Å². The van der Waals surface area contributed by atoms with Crippen molar-refractivity contribution >= 4 is 49.6 Å². The number of anilines is 2. The van der Waals surface area contributed by atoms with Crippen LogP contribution in [0.15, 0.2) is 30.5 Å². The Kier molecular flexibility index (Phi) is 4.19. The summed E-state index contributed by atoms with van der Waals surface area (Å²) in [5.41, 5.74) is 1.17. The largest absolute Gasteiger partial charge is 0.411 e. The SMILES string of the molecule is CS(=O)(=O)Nc1nn(O)c2ccc(CC(=O)Nc3nn(O)c4cccnc34)nc12. The van der Waals surface area contributed by atoms with Crippen LogP contribution >= 0.6 is 0 Å². The van der Waals surface area contributed by atoms with Gasteiger partial charge in [-0.25, -0.2) is 13.4 Å². The summed E-state index contributed by atoms with van der Waals surface area (Å²) in [7, 11) is -3.65. The third-order valence-electron chi connectivity index (χ3n) is 3.87. The maximum atomic E-state index is 12.4. The van der Waals surface area contributed by atoms with Gasteiger partial charge < -0.3 is 15.7 Å². The van der Waals surface area contributed by atoms with Crippen molar-refractivity contribution in [2.45, 2.75) is 6.42 Å². The van der Waals surface area contributed by atoms with E-state index in [9.17, 15) is 23.6 Å². The Labute approximate surface area is 162 Å². The molecule has 29 heavy (non-hydrogen) atoms. The van der Waals surface area contributed by atoms with Crippen LogP contribution in [0.5, 0.6) is 0 Å². The maximum Gasteiger partial charge on any atom is 0.231 e. The van der Waals surface area contributed by atoms with Crippen LogP contribution in [0, 0.1) is 0 Å². The lowest BCUT2D eigenvalue weighted by Gasteiger charge is -2.03. The number of carbonyl (C=O) groups is 1. The van der Waals surface area contributed by atoms with Crippen LogP contribution in [0.4, 0.5) is 11.6 Å². The maximum absolute atomic E-state index is 12.4. The van der Waals surface area contributed by atoms with Crippen LogP contribution in [-0.2, 0) is 21.2 Å². The highest BCUT2D eigenvalue weighted by Gasteiger charge is 2.18. The van der Waals surface area contributed by atoms with Gasteiger partial charge in [0.15, 0.2) is 11.6 Å². The first-order chi connectivity index (χ1) is 13.7. The van der Waals surface area contributed by atoms with E-state index >= 15 is 0 Å². The Balaban J connectivity index is 1.60. The third kappa shape index (κ3) is 3.60. The predicted octanol–water partition coefficient (Wildman–Crippen LogP) is 0.203. The van der Waals surface area contributed by atoms with Crippen LogP contribution < -0.4 is 10.0 Å². The van der Waals surface area contributed by atoms with Crippen LogP contribution in [0.3, 0.4) is 0 Å². The molecular weight excluding hydrogens is 404 g/mol. The molecule has 4 aromatic rings. The van der Waals surface area contributed by atoms with E-state index in [0.717, 1.165) is 6.26 Å². The van der Waals surface area contributed by atoms with Gasteiger partial charge in [-0.3, -0.25) is 14.5 Å². The second kappa shape index (κ2) is 6.59. The molecular formula is C15H14N8O5S. The normalized spacial score (nSPS) is 11.8. The molecule has 0 aliphatic rings. The molecule has 4 N–H and O–H groups in total. The van der Waals surface area contributed by atoms with Crippen molar-refractivity contribution in [1.29, 1.82) is 0 Å². The number of hydrogen-bond donors (Lipinski definition) is 4. The van der Waals surface area contributed by atoms with Gasteiger partial charge >= 0.3 is 0 Å². The predicted molar refractivity (Wildman–Crippen MR) is 100 cm³/mol. The Hall–Kier alpha value is -3.94. The lowest BCUT2D eigenvalue weighted by molar-refractivity contribution is -0.115. The van der Waals surface area contributed by atoms with Crippen molar-refractivity contribution in [2.24, 2.45) is 0 Å². The summed E-state index contributed by atoms with van der Waals surface area (Å²) in [4.78, 5) is 21.8. The van der Waals surface area contributed by atoms with Crippen molar-refractivity contribution in [3.05, 3.63) is 36.2 Å². The van der Waals surface area contributed by atoms with E-state index in [1.165, 1.54) is 18.3 Å². The number of rotatable bonds is 5. The number of hydrogen-bond acceptors (Lipinski definition) is 9. The minimum absolute atomic E-state index is 0.0787. The number of amides is 1. The van der Waals surface area contributed by atoms with Gasteiger partial charge in [0.25, 0.3) is 0 Å². The van der Waals surface area contributed by atoms with Gasteiger partial charge in [0, 0.05) is 6.20 Å². The lowest BCUT2D eigenvalue weighted by atomic mass is 10.2. The van der Waals surface area contributed by atoms with Crippen molar-refractivity contribution in [1.82, 2.24) is 29.9 Å². The second-order valence-corrected chi connectivity index (χ2v) is 7.87. The van der Waals surface area contributed by atoms with E-state index in [2.05, 4.69) is 30.2 Å². The molecule has 14 heteroatoms. The zero-order chi connectivity index (χ0) is 20.8. The fourth-order valence-corrected chi connectivity index (χ4v) is 3.22. The average Bonchev–Trinajstić information content (AvgIpc) is 3.11. The van der Waals surface area contributed by atoms with Crippen molar-refractivity contribution in [3.8, 4) is 0 Å². The van der Waals surface area contributed by atoms with Gasteiger partial charge in [0.2, 0.25) is 15.9 Å². The van der Waals surface area contributed by atoms with E-state index in [0.29, 0.717) is 26.4 Å². The zero-order valence-electron chi connectivity index (χ0n) is 14.8. The van der Waals surface area contributed by atoms with E-state index < -0.39 is 15.9 Å². The molecule has 0 unspecified atom stereocenters. The number of pyridine rings is 2. The van der Waals surface area contributed by atoms with Crippen molar-refractivity contribution in [3.63, 3.8) is 0 Å². The minimum Gasteiger partial charge on any atom is -0.411 e. The summed E-state index contributed by atoms with van der Waals surface area (Å²) < 4.78 is 25.1. The highest BCUT2D eigenvalue weighted by Crippen LogP contribution is 2.22. The van der Waals surface area contributed by atoms with Crippen molar-refractivity contribution in [2.75, 3.05) is 16.3 Å². The van der Waals surface area contributed by atoms with Crippen LogP contribution in [-0.4, -0.2) is 60.9 Å². The number of fused-ring (bicyclic) bond motifs is 2. The number of nitrogens with zero attached hydrogens (tertiary/aromatic N) is 6. The van der Waals surface area contributed by atoms with Gasteiger partial charge in [-0.15, -0.1) is 10.2 Å². The second-order valence-electron chi connectivity index (χ2n) is 6.12. The molecule has 0 fully saturated rings. The highest BCUT2D eigenvalue weighted by atomic mass is 32.2. The summed E-state index contributed by atoms with van der Waals surface area (Å²) >= 11 is 0. The molecule has 4 rings (SSSR count). The molecule has 0 bridgehead atoms. The molecule has 4 heterocycles. The quantitative estimate of drug-likeness (QED) is 0.330. The van der Waals surface area contributed by atoms with Crippen LogP contribution in [0.25, 0.3) is 22.1 Å². The van der Waals surface area contributed by atoms with E-state index in [1.54, 1.807) is 12.1 Å². The standard InChI is InChI=1S/C15H14N8O5S/c1-29(27,28)21-15-13-10(23(26)20-15)5-4-8(17-13)7-11(24)18-14-12-9(22(25)19-14)3-2-6-16-12/h2-6,25-26H,7H2,1H3,(H,20,21)(H,18,19,24). The Morgan fingerprint density at radius 3 is 2.48 bits per heavy atom. The van der Waals surface area contributed by atoms with Gasteiger partial charge in [0.1, 0.15) is 22.1 Å². The Bertz CT molecular complexity index is 1360. The monoisotopic (exact) mass is 418 g/mol. The molecule has 1 amide bonds. The lowest BCUT2D eigenvalue weighted by Crippen LogP contribution is -2.16. The highest BCUT2D eigenvalue weighted by molar-refractivity contribution is 7.92. The fraction of sp³-hybridized carbons (Fsp3) is 0.133. The Morgan fingerprint density at radius 1 is 1.07 bits per heavy atom. The van der Waals surface area contributed by atoms with E-state index in [-0.39, 0.29) is 29.1 Å². The first kappa shape index (κ1) is 18.4. The zero-order valence-corrected chi connectivity index (χ0v) is 15.6. The smallest absolute Gasteiger partial charge is 0.231 e. The molecule has 0 spiro atoms. The molecule has 150 valence electrons. The van der Waals surface area contributed by atoms with Crippen LogP contribution in [0.2, 0.25) is 0 Å². The molecule has 0 atom stereocenters. The Morgan fingerprint density at radius 2 is 1.76 bits per heavy atom. The first-order valence-electron chi connectivity index (χ1n) is 8.10. The minimum atomic E-state index is -3.65. The molecule has 0 aromatic carbocycles. The molecule has 0 radical (unpaired) electrons. The summed E-state index contributed by atoms with van der Waals surface area (Å²) in [6, 6.07) is 6.14. The van der Waals surface area contributed by atoms with Gasteiger partial charge in [-0.2, -0.15) is 0 Å². The summed E-state index contributed by atoms with van der Waals surface area (Å²) in [5.74, 6) is -0.574. The topological polar surface area (TPSA) is 177 Å². The van der Waals surface area contributed by atoms with Gasteiger partial charge in [-0.1, -0.05) is 9.69 Å². The van der Waals surface area contributed by atoms with Gasteiger partial charge in [-0.05, 0) is 24.3 Å². The summed E-state index contributed by atoms with van der Waals surface area (Å²) in [6.45, 7) is 0. The summed E-state index contributed by atoms with van der Waals surface area (Å²) in [5, 5.41) is 29.6. The third-order valence-corrected chi connectivity index (χ3v) is 4.43. The molecule has 4 aromatic heterocycles. The number of sulfonamides is 1. The number of aromatic nitrogens is 6. The van der Waals surface area contributed by atoms with Crippen molar-refractivity contribution < 1.29 is 23.6 Å². The first-order valence-corrected chi connectivity index (χ1v) is 9.99. The van der Waals surface area contributed by atoms with Gasteiger partial charge in [0.05, 0.1) is 18.4 Å². The average molecular weight is 418 g/mol. The molecule has 13 nitrogen and oxygen atoms in total. The number of nitrogens with one attached hydrogen (secondary N) is 2. The summed E-state index contributed by atoms with van der Waals surface area (Å²) in [6.07, 6.45) is 2.25. The fourth-order valence-electron chi connectivity index (χ4n) is 2.73. The molecule has 0 aliphatic carbocycles. The number of carbonyl (C=O) groups excluding carboxylic acids is 1. The van der Waals surface area contributed by atoms with Crippen LogP contribution in [0.1, 0.15) is 5.69 Å².